The smallest absolute Gasteiger partial charge is 0.244 e. The van der Waals surface area contributed by atoms with Crippen LogP contribution in [-0.2, 0) is 17.9 Å². The Labute approximate surface area is 123 Å². The van der Waals surface area contributed by atoms with E-state index in [0.29, 0.717) is 12.4 Å². The number of carbonyl (C=O) groups is 1. The summed E-state index contributed by atoms with van der Waals surface area (Å²) in [5, 5.41) is 8.15. The number of amides is 1. The van der Waals surface area contributed by atoms with Gasteiger partial charge in [0, 0.05) is 25.1 Å². The van der Waals surface area contributed by atoms with Crippen LogP contribution in [0.15, 0.2) is 16.7 Å². The van der Waals surface area contributed by atoms with Gasteiger partial charge in [0.05, 0.1) is 12.2 Å². The van der Waals surface area contributed by atoms with E-state index in [2.05, 4.69) is 10.3 Å². The topological polar surface area (TPSA) is 90.2 Å². The van der Waals surface area contributed by atoms with Crippen molar-refractivity contribution < 1.29 is 9.32 Å². The number of anilines is 1. The molecule has 0 unspecified atom stereocenters. The Morgan fingerprint density at radius 1 is 1.48 bits per heavy atom. The predicted octanol–water partition coefficient (Wildman–Crippen LogP) is 1.54. The van der Waals surface area contributed by atoms with E-state index in [0.717, 1.165) is 17.1 Å². The third-order valence-corrected chi connectivity index (χ3v) is 3.19. The van der Waals surface area contributed by atoms with Crippen molar-refractivity contribution in [3.05, 3.63) is 29.3 Å². The summed E-state index contributed by atoms with van der Waals surface area (Å²) in [5.74, 6) is 1.49. The van der Waals surface area contributed by atoms with Crippen LogP contribution in [0.1, 0.15) is 36.9 Å². The quantitative estimate of drug-likeness (QED) is 0.902. The van der Waals surface area contributed by atoms with Gasteiger partial charge in [-0.05, 0) is 6.92 Å². The van der Waals surface area contributed by atoms with E-state index in [4.69, 9.17) is 10.3 Å². The highest BCUT2D eigenvalue weighted by Gasteiger charge is 2.15. The molecule has 114 valence electrons. The van der Waals surface area contributed by atoms with E-state index in [9.17, 15) is 4.79 Å². The van der Waals surface area contributed by atoms with Gasteiger partial charge < -0.3 is 15.2 Å². The third kappa shape index (κ3) is 3.62. The Morgan fingerprint density at radius 2 is 2.19 bits per heavy atom. The fraction of sp³-hybridized carbons (Fsp3) is 0.500. The van der Waals surface area contributed by atoms with Crippen molar-refractivity contribution >= 4 is 11.7 Å². The molecule has 0 saturated heterocycles. The van der Waals surface area contributed by atoms with Gasteiger partial charge in [-0.2, -0.15) is 5.10 Å². The van der Waals surface area contributed by atoms with Crippen molar-refractivity contribution in [3.63, 3.8) is 0 Å². The summed E-state index contributed by atoms with van der Waals surface area (Å²) in [4.78, 5) is 13.8. The number of carbonyl (C=O) groups excluding carboxylic acids is 1. The lowest BCUT2D eigenvalue weighted by Gasteiger charge is -2.15. The van der Waals surface area contributed by atoms with Crippen LogP contribution >= 0.6 is 0 Å². The standard InChI is InChI=1S/C14H21N5O2/c1-9(2)12-6-11(17-21-12)7-18(4)14(20)8-19-13(15)5-10(3)16-19/h5-6,9H,7-8,15H2,1-4H3. The molecule has 2 aromatic heterocycles. The second-order valence-corrected chi connectivity index (χ2v) is 5.49. The van der Waals surface area contributed by atoms with Crippen molar-refractivity contribution in [3.8, 4) is 0 Å². The summed E-state index contributed by atoms with van der Waals surface area (Å²) < 4.78 is 6.72. The summed E-state index contributed by atoms with van der Waals surface area (Å²) in [6, 6.07) is 3.61. The summed E-state index contributed by atoms with van der Waals surface area (Å²) in [6.07, 6.45) is 0. The molecule has 1 amide bonds. The maximum atomic E-state index is 12.2. The molecule has 0 saturated carbocycles. The first-order chi connectivity index (χ1) is 9.86. The first kappa shape index (κ1) is 15.1. The van der Waals surface area contributed by atoms with Gasteiger partial charge in [-0.15, -0.1) is 0 Å². The summed E-state index contributed by atoms with van der Waals surface area (Å²) in [7, 11) is 1.72. The van der Waals surface area contributed by atoms with E-state index in [-0.39, 0.29) is 18.4 Å². The molecule has 2 heterocycles. The average molecular weight is 291 g/mol. The Hall–Kier alpha value is -2.31. The van der Waals surface area contributed by atoms with Crippen molar-refractivity contribution in [1.29, 1.82) is 0 Å². The fourth-order valence-electron chi connectivity index (χ4n) is 1.95. The molecule has 7 nitrogen and oxygen atoms in total. The molecule has 21 heavy (non-hydrogen) atoms. The molecule has 7 heteroatoms. The number of nitrogens with two attached hydrogens (primary N) is 1. The number of aromatic nitrogens is 3. The van der Waals surface area contributed by atoms with E-state index >= 15 is 0 Å². The molecule has 0 bridgehead atoms. The largest absolute Gasteiger partial charge is 0.384 e. The second kappa shape index (κ2) is 5.99. The number of nitrogens with zero attached hydrogens (tertiary/aromatic N) is 4. The zero-order valence-corrected chi connectivity index (χ0v) is 12.8. The van der Waals surface area contributed by atoms with Crippen LogP contribution in [0.4, 0.5) is 5.82 Å². The van der Waals surface area contributed by atoms with Crippen molar-refractivity contribution in [2.24, 2.45) is 0 Å². The average Bonchev–Trinajstić information content (AvgIpc) is 2.97. The van der Waals surface area contributed by atoms with Gasteiger partial charge in [0.25, 0.3) is 0 Å². The number of nitrogen functional groups attached to an aromatic ring is 1. The van der Waals surface area contributed by atoms with Gasteiger partial charge in [0.2, 0.25) is 5.91 Å². The first-order valence-electron chi connectivity index (χ1n) is 6.86. The molecule has 2 aromatic rings. The zero-order chi connectivity index (χ0) is 15.6. The zero-order valence-electron chi connectivity index (χ0n) is 12.8. The molecule has 0 radical (unpaired) electrons. The molecule has 2 N–H and O–H groups in total. The molecule has 0 aromatic carbocycles. The van der Waals surface area contributed by atoms with Gasteiger partial charge in [-0.25, -0.2) is 4.68 Å². The summed E-state index contributed by atoms with van der Waals surface area (Å²) >= 11 is 0. The maximum absolute atomic E-state index is 12.2. The van der Waals surface area contributed by atoms with E-state index in [1.165, 1.54) is 4.68 Å². The van der Waals surface area contributed by atoms with Crippen LogP contribution in [0.3, 0.4) is 0 Å². The number of hydrogen-bond acceptors (Lipinski definition) is 5. The van der Waals surface area contributed by atoms with E-state index in [1.54, 1.807) is 18.0 Å². The monoisotopic (exact) mass is 291 g/mol. The lowest BCUT2D eigenvalue weighted by atomic mass is 10.1. The van der Waals surface area contributed by atoms with Crippen LogP contribution < -0.4 is 5.73 Å². The molecule has 0 spiro atoms. The molecule has 2 rings (SSSR count). The summed E-state index contributed by atoms with van der Waals surface area (Å²) in [6.45, 7) is 6.41. The minimum absolute atomic E-state index is 0.0844. The molecule has 0 aliphatic rings. The Morgan fingerprint density at radius 3 is 2.71 bits per heavy atom. The van der Waals surface area contributed by atoms with Crippen molar-refractivity contribution in [2.75, 3.05) is 12.8 Å². The SMILES string of the molecule is Cc1cc(N)n(CC(=O)N(C)Cc2cc(C(C)C)on2)n1. The normalized spacial score (nSPS) is 11.1. The molecule has 0 aliphatic carbocycles. The predicted molar refractivity (Wildman–Crippen MR) is 78.4 cm³/mol. The minimum atomic E-state index is -0.0844. The fourth-order valence-corrected chi connectivity index (χ4v) is 1.95. The molecular weight excluding hydrogens is 270 g/mol. The Kier molecular flexibility index (Phi) is 4.30. The second-order valence-electron chi connectivity index (χ2n) is 5.49. The Bertz CT molecular complexity index is 629. The van der Waals surface area contributed by atoms with Gasteiger partial charge in [0.1, 0.15) is 23.8 Å². The highest BCUT2D eigenvalue weighted by Crippen LogP contribution is 2.16. The van der Waals surface area contributed by atoms with E-state index in [1.807, 2.05) is 26.8 Å². The van der Waals surface area contributed by atoms with Crippen LogP contribution in [0.2, 0.25) is 0 Å². The van der Waals surface area contributed by atoms with Gasteiger partial charge in [0.15, 0.2) is 0 Å². The maximum Gasteiger partial charge on any atom is 0.244 e. The molecular formula is C14H21N5O2. The van der Waals surface area contributed by atoms with E-state index < -0.39 is 0 Å². The number of likely N-dealkylation sites (N-methyl/N-ethyl adjacent to an activating group) is 1. The van der Waals surface area contributed by atoms with Crippen molar-refractivity contribution in [2.45, 2.75) is 39.8 Å². The number of rotatable bonds is 5. The Balaban J connectivity index is 1.97. The van der Waals surface area contributed by atoms with Crippen molar-refractivity contribution in [1.82, 2.24) is 19.8 Å². The molecule has 0 aliphatic heterocycles. The van der Waals surface area contributed by atoms with Crippen LogP contribution in [-0.4, -0.2) is 32.8 Å². The van der Waals surface area contributed by atoms with Crippen LogP contribution in [0.25, 0.3) is 0 Å². The summed E-state index contributed by atoms with van der Waals surface area (Å²) in [5.41, 5.74) is 7.31. The van der Waals surface area contributed by atoms with Crippen LogP contribution in [0.5, 0.6) is 0 Å². The lowest BCUT2D eigenvalue weighted by molar-refractivity contribution is -0.131. The molecule has 0 fully saturated rings. The lowest BCUT2D eigenvalue weighted by Crippen LogP contribution is -2.30. The third-order valence-electron chi connectivity index (χ3n) is 3.19. The highest BCUT2D eigenvalue weighted by atomic mass is 16.5. The van der Waals surface area contributed by atoms with Gasteiger partial charge in [-0.3, -0.25) is 4.79 Å². The van der Waals surface area contributed by atoms with Gasteiger partial charge >= 0.3 is 0 Å². The van der Waals surface area contributed by atoms with Crippen LogP contribution in [0, 0.1) is 6.92 Å². The minimum Gasteiger partial charge on any atom is -0.384 e. The molecule has 0 atom stereocenters. The number of aryl methyl sites for hydroxylation is 1. The highest BCUT2D eigenvalue weighted by molar-refractivity contribution is 5.76. The number of hydrogen-bond donors (Lipinski definition) is 1. The first-order valence-corrected chi connectivity index (χ1v) is 6.86. The van der Waals surface area contributed by atoms with Gasteiger partial charge in [-0.1, -0.05) is 19.0 Å².